The third-order valence-corrected chi connectivity index (χ3v) is 4.92. The lowest BCUT2D eigenvalue weighted by Crippen LogP contribution is -2.35. The summed E-state index contributed by atoms with van der Waals surface area (Å²) in [5, 5.41) is 2.43. The van der Waals surface area contributed by atoms with Crippen molar-refractivity contribution in [3.63, 3.8) is 0 Å². The molecule has 0 atom stereocenters. The third kappa shape index (κ3) is 3.67. The Balaban J connectivity index is 1.71. The van der Waals surface area contributed by atoms with E-state index in [1.165, 1.54) is 6.08 Å². The third-order valence-electron chi connectivity index (χ3n) is 4.68. The molecule has 30 heavy (non-hydrogen) atoms. The van der Waals surface area contributed by atoms with Gasteiger partial charge in [-0.2, -0.15) is 0 Å². The molecule has 0 bridgehead atoms. The van der Waals surface area contributed by atoms with E-state index in [1.807, 2.05) is 24.3 Å². The number of esters is 1. The van der Waals surface area contributed by atoms with Gasteiger partial charge >= 0.3 is 5.97 Å². The van der Waals surface area contributed by atoms with Crippen LogP contribution in [-0.2, 0) is 25.7 Å². The van der Waals surface area contributed by atoms with Crippen molar-refractivity contribution < 1.29 is 19.1 Å². The summed E-state index contributed by atoms with van der Waals surface area (Å²) in [7, 11) is 0. The van der Waals surface area contributed by atoms with Crippen molar-refractivity contribution >= 4 is 52.1 Å². The van der Waals surface area contributed by atoms with Gasteiger partial charge in [-0.1, -0.05) is 35.9 Å². The Morgan fingerprint density at radius 1 is 1.17 bits per heavy atom. The number of ether oxygens (including phenoxy) is 1. The molecule has 0 aliphatic carbocycles. The molecule has 4 rings (SSSR count). The number of fused-ring (bicyclic) bond motifs is 1. The number of halogens is 1. The second-order valence-electron chi connectivity index (χ2n) is 6.65. The first-order chi connectivity index (χ1) is 14.5. The van der Waals surface area contributed by atoms with E-state index in [2.05, 4.69) is 5.43 Å². The van der Waals surface area contributed by atoms with Crippen molar-refractivity contribution in [2.24, 2.45) is 0 Å². The van der Waals surface area contributed by atoms with E-state index in [-0.39, 0.29) is 18.1 Å². The molecule has 152 valence electrons. The summed E-state index contributed by atoms with van der Waals surface area (Å²) < 4.78 is 6.78. The summed E-state index contributed by atoms with van der Waals surface area (Å²) in [6.07, 6.45) is 3.27. The molecule has 7 nitrogen and oxygen atoms in total. The number of para-hydroxylation sites is 1. The van der Waals surface area contributed by atoms with Crippen LogP contribution in [0.2, 0.25) is 5.02 Å². The van der Waals surface area contributed by atoms with Gasteiger partial charge in [0.1, 0.15) is 12.1 Å². The summed E-state index contributed by atoms with van der Waals surface area (Å²) in [5.74, 6) is -1.36. The fourth-order valence-corrected chi connectivity index (χ4v) is 3.56. The molecule has 2 aromatic carbocycles. The maximum Gasteiger partial charge on any atom is 0.325 e. The Bertz CT molecular complexity index is 1200. The van der Waals surface area contributed by atoms with Gasteiger partial charge in [0.05, 0.1) is 12.3 Å². The number of rotatable bonds is 5. The van der Waals surface area contributed by atoms with Crippen LogP contribution in [0, 0.1) is 0 Å². The van der Waals surface area contributed by atoms with Crippen molar-refractivity contribution in [2.45, 2.75) is 13.5 Å². The second kappa shape index (κ2) is 8.04. The number of hydrogen-bond acceptors (Lipinski definition) is 4. The minimum Gasteiger partial charge on any atom is -0.465 e. The number of benzene rings is 2. The SMILES string of the molecule is CCOC(=O)Cn1cc(/C=C2\C(=O)NN(c3cccc(Cl)c3)C2=O)c2ccccc21. The van der Waals surface area contributed by atoms with Gasteiger partial charge in [0.25, 0.3) is 11.8 Å². The lowest BCUT2D eigenvalue weighted by Gasteiger charge is -2.14. The smallest absolute Gasteiger partial charge is 0.325 e. The number of aromatic nitrogens is 1. The first kappa shape index (κ1) is 19.7. The van der Waals surface area contributed by atoms with Crippen molar-refractivity contribution in [2.75, 3.05) is 11.6 Å². The molecule has 0 radical (unpaired) electrons. The van der Waals surface area contributed by atoms with Crippen molar-refractivity contribution in [3.05, 3.63) is 70.9 Å². The Labute approximate surface area is 177 Å². The topological polar surface area (TPSA) is 80.6 Å². The lowest BCUT2D eigenvalue weighted by molar-refractivity contribution is -0.143. The average molecular weight is 424 g/mol. The Hall–Kier alpha value is -3.58. The van der Waals surface area contributed by atoms with E-state index >= 15 is 0 Å². The molecule has 0 spiro atoms. The van der Waals surface area contributed by atoms with Crippen LogP contribution in [-0.4, -0.2) is 29.0 Å². The summed E-state index contributed by atoms with van der Waals surface area (Å²) >= 11 is 6.00. The fourth-order valence-electron chi connectivity index (χ4n) is 3.38. The molecular weight excluding hydrogens is 406 g/mol. The highest BCUT2D eigenvalue weighted by atomic mass is 35.5. The van der Waals surface area contributed by atoms with Gasteiger partial charge < -0.3 is 9.30 Å². The van der Waals surface area contributed by atoms with E-state index in [4.69, 9.17) is 16.3 Å². The molecule has 1 aromatic heterocycles. The highest BCUT2D eigenvalue weighted by molar-refractivity contribution is 6.33. The van der Waals surface area contributed by atoms with E-state index < -0.39 is 11.8 Å². The Morgan fingerprint density at radius 3 is 2.73 bits per heavy atom. The largest absolute Gasteiger partial charge is 0.465 e. The summed E-state index contributed by atoms with van der Waals surface area (Å²) in [6, 6.07) is 14.1. The molecule has 0 unspecified atom stereocenters. The molecule has 3 aromatic rings. The number of anilines is 1. The average Bonchev–Trinajstić information content (AvgIpc) is 3.21. The zero-order chi connectivity index (χ0) is 21.3. The van der Waals surface area contributed by atoms with Crippen LogP contribution in [0.15, 0.2) is 60.3 Å². The number of nitrogens with one attached hydrogen (secondary N) is 1. The molecule has 1 fully saturated rings. The Kier molecular flexibility index (Phi) is 5.29. The highest BCUT2D eigenvalue weighted by Crippen LogP contribution is 2.27. The van der Waals surface area contributed by atoms with Gasteiger partial charge in [0, 0.05) is 27.7 Å². The van der Waals surface area contributed by atoms with Gasteiger partial charge in [0.15, 0.2) is 0 Å². The van der Waals surface area contributed by atoms with Gasteiger partial charge in [-0.05, 0) is 37.3 Å². The van der Waals surface area contributed by atoms with Gasteiger partial charge in [-0.25, -0.2) is 5.01 Å². The zero-order valence-corrected chi connectivity index (χ0v) is 16.8. The molecule has 2 heterocycles. The van der Waals surface area contributed by atoms with E-state index in [0.29, 0.717) is 22.9 Å². The second-order valence-corrected chi connectivity index (χ2v) is 7.09. The van der Waals surface area contributed by atoms with E-state index in [1.54, 1.807) is 42.0 Å². The van der Waals surface area contributed by atoms with Gasteiger partial charge in [-0.3, -0.25) is 19.8 Å². The van der Waals surface area contributed by atoms with Gasteiger partial charge in [-0.15, -0.1) is 0 Å². The van der Waals surface area contributed by atoms with Crippen molar-refractivity contribution in [3.8, 4) is 0 Å². The number of hydrazine groups is 1. The lowest BCUT2D eigenvalue weighted by atomic mass is 10.1. The van der Waals surface area contributed by atoms with E-state index in [9.17, 15) is 14.4 Å². The van der Waals surface area contributed by atoms with Crippen molar-refractivity contribution in [1.29, 1.82) is 0 Å². The molecule has 1 saturated heterocycles. The fraction of sp³-hybridized carbons (Fsp3) is 0.136. The number of nitrogens with zero attached hydrogens (tertiary/aromatic N) is 2. The first-order valence-corrected chi connectivity index (χ1v) is 9.72. The summed E-state index contributed by atoms with van der Waals surface area (Å²) in [5.41, 5.74) is 4.47. The monoisotopic (exact) mass is 423 g/mol. The molecule has 1 N–H and O–H groups in total. The van der Waals surface area contributed by atoms with E-state index in [0.717, 1.165) is 15.9 Å². The van der Waals surface area contributed by atoms with Crippen LogP contribution >= 0.6 is 11.6 Å². The molecule has 8 heteroatoms. The standard InChI is InChI=1S/C22H18ClN3O4/c1-2-30-20(27)13-25-12-14(17-8-3-4-9-19(17)25)10-18-21(28)24-26(22(18)29)16-7-5-6-15(23)11-16/h3-12H,2,13H2,1H3,(H,24,28)/b18-10+. The number of hydrogen-bond donors (Lipinski definition) is 1. The minimum absolute atomic E-state index is 0.00554. The van der Waals surface area contributed by atoms with Crippen LogP contribution in [0.3, 0.4) is 0 Å². The van der Waals surface area contributed by atoms with Gasteiger partial charge in [0.2, 0.25) is 0 Å². The van der Waals surface area contributed by atoms with Crippen LogP contribution < -0.4 is 10.4 Å². The maximum atomic E-state index is 12.9. The first-order valence-electron chi connectivity index (χ1n) is 9.34. The minimum atomic E-state index is -0.512. The molecule has 2 amide bonds. The Morgan fingerprint density at radius 2 is 1.97 bits per heavy atom. The summed E-state index contributed by atoms with van der Waals surface area (Å²) in [6.45, 7) is 2.08. The maximum absolute atomic E-state index is 12.9. The number of amides is 2. The summed E-state index contributed by atoms with van der Waals surface area (Å²) in [4.78, 5) is 37.3. The molecule has 1 aliphatic rings. The highest BCUT2D eigenvalue weighted by Gasteiger charge is 2.34. The van der Waals surface area contributed by atoms with Crippen LogP contribution in [0.4, 0.5) is 5.69 Å². The van der Waals surface area contributed by atoms with Crippen LogP contribution in [0.25, 0.3) is 17.0 Å². The predicted octanol–water partition coefficient (Wildman–Crippen LogP) is 3.32. The molecule has 1 aliphatic heterocycles. The van der Waals surface area contributed by atoms with Crippen molar-refractivity contribution in [1.82, 2.24) is 9.99 Å². The zero-order valence-electron chi connectivity index (χ0n) is 16.1. The number of carbonyl (C=O) groups is 3. The molecule has 0 saturated carbocycles. The predicted molar refractivity (Wildman–Crippen MR) is 114 cm³/mol. The van der Waals surface area contributed by atoms with Crippen LogP contribution in [0.5, 0.6) is 0 Å². The normalized spacial score (nSPS) is 15.1. The number of carbonyl (C=O) groups excluding carboxylic acids is 3. The molecular formula is C22H18ClN3O4. The quantitative estimate of drug-likeness (QED) is 0.388. The van der Waals surface area contributed by atoms with Crippen LogP contribution in [0.1, 0.15) is 12.5 Å².